The van der Waals surface area contributed by atoms with Gasteiger partial charge in [0, 0.05) is 10.9 Å². The lowest BCUT2D eigenvalue weighted by atomic mass is 10.1. The van der Waals surface area contributed by atoms with Crippen molar-refractivity contribution >= 4 is 21.8 Å². The Hall–Kier alpha value is -0.870. The van der Waals surface area contributed by atoms with E-state index in [2.05, 4.69) is 21.2 Å². The highest BCUT2D eigenvalue weighted by Crippen LogP contribution is 2.18. The summed E-state index contributed by atoms with van der Waals surface area (Å²) in [5.74, 6) is 0.125. The maximum absolute atomic E-state index is 11.8. The van der Waals surface area contributed by atoms with Crippen molar-refractivity contribution in [1.29, 1.82) is 0 Å². The standard InChI is InChI=1S/C15H23BrN2O/c1-12(13-7-6-8-14(16)11-13)18-15(19)9-4-2-3-5-10-17/h6-8,11-12H,2-5,9-10,17H2,1H3,(H,18,19)/t12-/m0/s1. The molecule has 19 heavy (non-hydrogen) atoms. The van der Waals surface area contributed by atoms with Gasteiger partial charge in [-0.25, -0.2) is 0 Å². The third-order valence-electron chi connectivity index (χ3n) is 3.08. The van der Waals surface area contributed by atoms with Crippen LogP contribution in [-0.4, -0.2) is 12.5 Å². The lowest BCUT2D eigenvalue weighted by Crippen LogP contribution is -2.26. The van der Waals surface area contributed by atoms with Crippen LogP contribution in [0.1, 0.15) is 50.6 Å². The normalized spacial score (nSPS) is 12.2. The van der Waals surface area contributed by atoms with Crippen molar-refractivity contribution in [3.8, 4) is 0 Å². The molecule has 4 heteroatoms. The number of unbranched alkanes of at least 4 members (excludes halogenated alkanes) is 3. The number of hydrogen-bond acceptors (Lipinski definition) is 2. The lowest BCUT2D eigenvalue weighted by molar-refractivity contribution is -0.121. The van der Waals surface area contributed by atoms with Crippen LogP contribution in [0.25, 0.3) is 0 Å². The third kappa shape index (κ3) is 6.73. The predicted molar refractivity (Wildman–Crippen MR) is 82.8 cm³/mol. The smallest absolute Gasteiger partial charge is 0.220 e. The molecule has 0 fully saturated rings. The van der Waals surface area contributed by atoms with E-state index in [-0.39, 0.29) is 11.9 Å². The SMILES string of the molecule is C[C@H](NC(=O)CCCCCCN)c1cccc(Br)c1. The van der Waals surface area contributed by atoms with Gasteiger partial charge in [0.25, 0.3) is 0 Å². The van der Waals surface area contributed by atoms with Crippen LogP contribution in [0.4, 0.5) is 0 Å². The Bertz CT molecular complexity index is 395. The number of rotatable bonds is 8. The van der Waals surface area contributed by atoms with Crippen LogP contribution in [0.15, 0.2) is 28.7 Å². The molecule has 3 N–H and O–H groups in total. The quantitative estimate of drug-likeness (QED) is 0.718. The zero-order valence-electron chi connectivity index (χ0n) is 11.5. The van der Waals surface area contributed by atoms with Gasteiger partial charge in [-0.3, -0.25) is 4.79 Å². The summed E-state index contributed by atoms with van der Waals surface area (Å²) in [7, 11) is 0. The molecule has 106 valence electrons. The van der Waals surface area contributed by atoms with Crippen LogP contribution in [0.2, 0.25) is 0 Å². The van der Waals surface area contributed by atoms with Gasteiger partial charge in [-0.2, -0.15) is 0 Å². The first kappa shape index (κ1) is 16.2. The monoisotopic (exact) mass is 326 g/mol. The van der Waals surface area contributed by atoms with Gasteiger partial charge in [0.1, 0.15) is 0 Å². The van der Waals surface area contributed by atoms with Crippen LogP contribution < -0.4 is 11.1 Å². The van der Waals surface area contributed by atoms with Crippen molar-refractivity contribution in [3.05, 3.63) is 34.3 Å². The summed E-state index contributed by atoms with van der Waals surface area (Å²) in [5, 5.41) is 3.03. The van der Waals surface area contributed by atoms with Crippen LogP contribution in [0.3, 0.4) is 0 Å². The molecule has 3 nitrogen and oxygen atoms in total. The van der Waals surface area contributed by atoms with E-state index in [0.29, 0.717) is 6.42 Å². The average Bonchev–Trinajstić information content (AvgIpc) is 2.38. The topological polar surface area (TPSA) is 55.1 Å². The van der Waals surface area contributed by atoms with Crippen LogP contribution in [-0.2, 0) is 4.79 Å². The summed E-state index contributed by atoms with van der Waals surface area (Å²) in [4.78, 5) is 11.8. The maximum atomic E-state index is 11.8. The van der Waals surface area contributed by atoms with E-state index in [9.17, 15) is 4.79 Å². The number of nitrogens with one attached hydrogen (secondary N) is 1. The van der Waals surface area contributed by atoms with Gasteiger partial charge in [-0.15, -0.1) is 0 Å². The molecule has 0 aliphatic carbocycles. The van der Waals surface area contributed by atoms with Gasteiger partial charge >= 0.3 is 0 Å². The molecule has 1 rings (SSSR count). The minimum Gasteiger partial charge on any atom is -0.350 e. The van der Waals surface area contributed by atoms with Crippen molar-refractivity contribution in [3.63, 3.8) is 0 Å². The summed E-state index contributed by atoms with van der Waals surface area (Å²) >= 11 is 3.44. The van der Waals surface area contributed by atoms with Crippen molar-refractivity contribution in [1.82, 2.24) is 5.32 Å². The summed E-state index contributed by atoms with van der Waals surface area (Å²) in [6.45, 7) is 2.75. The molecule has 0 aromatic heterocycles. The van der Waals surface area contributed by atoms with Crippen molar-refractivity contribution in [2.24, 2.45) is 5.73 Å². The molecule has 0 saturated carbocycles. The molecule has 0 unspecified atom stereocenters. The molecule has 1 amide bonds. The number of benzene rings is 1. The molecule has 0 spiro atoms. The molecule has 1 atom stereocenters. The van der Waals surface area contributed by atoms with Gasteiger partial charge in [-0.05, 0) is 44.0 Å². The fourth-order valence-electron chi connectivity index (χ4n) is 1.96. The Morgan fingerprint density at radius 1 is 1.32 bits per heavy atom. The molecule has 0 bridgehead atoms. The van der Waals surface area contributed by atoms with E-state index in [0.717, 1.165) is 42.3 Å². The third-order valence-corrected chi connectivity index (χ3v) is 3.58. The number of hydrogen-bond donors (Lipinski definition) is 2. The van der Waals surface area contributed by atoms with Crippen molar-refractivity contribution in [2.75, 3.05) is 6.54 Å². The van der Waals surface area contributed by atoms with Gasteiger partial charge < -0.3 is 11.1 Å². The largest absolute Gasteiger partial charge is 0.350 e. The van der Waals surface area contributed by atoms with Crippen molar-refractivity contribution < 1.29 is 4.79 Å². The first-order valence-corrected chi connectivity index (χ1v) is 7.67. The van der Waals surface area contributed by atoms with Gasteiger partial charge in [0.05, 0.1) is 6.04 Å². The molecular formula is C15H23BrN2O. The second kappa shape index (κ2) is 9.10. The Morgan fingerprint density at radius 2 is 2.05 bits per heavy atom. The zero-order valence-corrected chi connectivity index (χ0v) is 13.1. The Balaban J connectivity index is 2.28. The van der Waals surface area contributed by atoms with Crippen molar-refractivity contribution in [2.45, 2.75) is 45.1 Å². The minimum atomic E-state index is 0.0500. The number of carbonyl (C=O) groups is 1. The summed E-state index contributed by atoms with van der Waals surface area (Å²) < 4.78 is 1.04. The number of nitrogens with two attached hydrogens (primary N) is 1. The zero-order chi connectivity index (χ0) is 14.1. The second-order valence-corrected chi connectivity index (χ2v) is 5.71. The minimum absolute atomic E-state index is 0.0500. The molecule has 0 heterocycles. The van der Waals surface area contributed by atoms with E-state index in [1.54, 1.807) is 0 Å². The highest BCUT2D eigenvalue weighted by Gasteiger charge is 2.09. The number of halogens is 1. The molecule has 1 aromatic rings. The lowest BCUT2D eigenvalue weighted by Gasteiger charge is -2.14. The number of amides is 1. The molecular weight excluding hydrogens is 304 g/mol. The van der Waals surface area contributed by atoms with Gasteiger partial charge in [0.15, 0.2) is 0 Å². The van der Waals surface area contributed by atoms with E-state index in [1.807, 2.05) is 31.2 Å². The van der Waals surface area contributed by atoms with E-state index >= 15 is 0 Å². The maximum Gasteiger partial charge on any atom is 0.220 e. The second-order valence-electron chi connectivity index (χ2n) is 4.80. The summed E-state index contributed by atoms with van der Waals surface area (Å²) in [5.41, 5.74) is 6.55. The predicted octanol–water partition coefficient (Wildman–Crippen LogP) is 3.54. The van der Waals surface area contributed by atoms with E-state index < -0.39 is 0 Å². The Kier molecular flexibility index (Phi) is 7.75. The van der Waals surface area contributed by atoms with Crippen LogP contribution in [0.5, 0.6) is 0 Å². The Labute approximate surface area is 124 Å². The first-order chi connectivity index (χ1) is 9.13. The summed E-state index contributed by atoms with van der Waals surface area (Å²) in [6, 6.07) is 8.07. The van der Waals surface area contributed by atoms with Crippen LogP contribution >= 0.6 is 15.9 Å². The summed E-state index contributed by atoms with van der Waals surface area (Å²) in [6.07, 6.45) is 4.79. The molecule has 0 aliphatic rings. The molecule has 1 aromatic carbocycles. The average molecular weight is 327 g/mol. The highest BCUT2D eigenvalue weighted by molar-refractivity contribution is 9.10. The molecule has 0 saturated heterocycles. The van der Waals surface area contributed by atoms with Crippen LogP contribution in [0, 0.1) is 0 Å². The molecule has 0 radical (unpaired) electrons. The molecule has 0 aliphatic heterocycles. The first-order valence-electron chi connectivity index (χ1n) is 6.88. The highest BCUT2D eigenvalue weighted by atomic mass is 79.9. The fraction of sp³-hybridized carbons (Fsp3) is 0.533. The van der Waals surface area contributed by atoms with Gasteiger partial charge in [0.2, 0.25) is 5.91 Å². The van der Waals surface area contributed by atoms with Gasteiger partial charge in [-0.1, -0.05) is 40.9 Å². The number of carbonyl (C=O) groups excluding carboxylic acids is 1. The fourth-order valence-corrected chi connectivity index (χ4v) is 2.37. The van der Waals surface area contributed by atoms with E-state index in [4.69, 9.17) is 5.73 Å². The van der Waals surface area contributed by atoms with E-state index in [1.165, 1.54) is 0 Å². The Morgan fingerprint density at radius 3 is 2.74 bits per heavy atom.